The van der Waals surface area contributed by atoms with Gasteiger partial charge in [0.05, 0.1) is 19.2 Å². The van der Waals surface area contributed by atoms with Crippen LogP contribution in [0.3, 0.4) is 0 Å². The standard InChI is InChI=1S/C10H22N2O2/c1-4-5-11-6-10(14)12-9(7-13)8(2)3/h8-9,11,13H,4-7H2,1-3H3,(H,12,14). The predicted octanol–water partition coefficient (Wildman–Crippen LogP) is 0.119. The van der Waals surface area contributed by atoms with Gasteiger partial charge in [0.2, 0.25) is 5.91 Å². The predicted molar refractivity (Wildman–Crippen MR) is 57.0 cm³/mol. The van der Waals surface area contributed by atoms with Crippen molar-refractivity contribution in [2.45, 2.75) is 33.2 Å². The fourth-order valence-corrected chi connectivity index (χ4v) is 1.06. The lowest BCUT2D eigenvalue weighted by atomic mass is 10.1. The summed E-state index contributed by atoms with van der Waals surface area (Å²) in [6.45, 7) is 7.17. The number of nitrogens with one attached hydrogen (secondary N) is 2. The van der Waals surface area contributed by atoms with Crippen LogP contribution in [0.1, 0.15) is 27.2 Å². The van der Waals surface area contributed by atoms with Crippen LogP contribution in [0.15, 0.2) is 0 Å². The van der Waals surface area contributed by atoms with E-state index in [2.05, 4.69) is 17.6 Å². The maximum absolute atomic E-state index is 11.3. The van der Waals surface area contributed by atoms with Crippen molar-refractivity contribution in [3.05, 3.63) is 0 Å². The molecule has 0 saturated heterocycles. The second-order valence-electron chi connectivity index (χ2n) is 3.78. The van der Waals surface area contributed by atoms with Crippen LogP contribution in [0.2, 0.25) is 0 Å². The Morgan fingerprint density at radius 1 is 1.43 bits per heavy atom. The van der Waals surface area contributed by atoms with Gasteiger partial charge in [0.25, 0.3) is 0 Å². The molecule has 1 atom stereocenters. The molecule has 0 aromatic rings. The van der Waals surface area contributed by atoms with Crippen LogP contribution in [0.5, 0.6) is 0 Å². The highest BCUT2D eigenvalue weighted by Crippen LogP contribution is 1.99. The number of amides is 1. The van der Waals surface area contributed by atoms with E-state index in [1.807, 2.05) is 13.8 Å². The molecule has 0 saturated carbocycles. The highest BCUT2D eigenvalue weighted by atomic mass is 16.3. The molecule has 0 aromatic carbocycles. The minimum Gasteiger partial charge on any atom is -0.394 e. The first-order chi connectivity index (χ1) is 6.61. The van der Waals surface area contributed by atoms with Gasteiger partial charge in [0, 0.05) is 0 Å². The van der Waals surface area contributed by atoms with Gasteiger partial charge in [0.15, 0.2) is 0 Å². The van der Waals surface area contributed by atoms with Crippen LogP contribution in [0, 0.1) is 5.92 Å². The van der Waals surface area contributed by atoms with E-state index in [9.17, 15) is 4.79 Å². The summed E-state index contributed by atoms with van der Waals surface area (Å²) in [6.07, 6.45) is 1.01. The Morgan fingerprint density at radius 3 is 2.50 bits per heavy atom. The Bertz CT molecular complexity index is 160. The number of hydrogen-bond donors (Lipinski definition) is 3. The molecule has 0 aliphatic rings. The van der Waals surface area contributed by atoms with Crippen LogP contribution in [0.4, 0.5) is 0 Å². The van der Waals surface area contributed by atoms with Crippen molar-refractivity contribution >= 4 is 5.91 Å². The van der Waals surface area contributed by atoms with Gasteiger partial charge >= 0.3 is 0 Å². The van der Waals surface area contributed by atoms with Crippen LogP contribution < -0.4 is 10.6 Å². The van der Waals surface area contributed by atoms with Gasteiger partial charge in [-0.2, -0.15) is 0 Å². The first kappa shape index (κ1) is 13.4. The van der Waals surface area contributed by atoms with Gasteiger partial charge in [-0.3, -0.25) is 4.79 Å². The SMILES string of the molecule is CCCNCC(=O)NC(CO)C(C)C. The molecule has 0 radical (unpaired) electrons. The number of aliphatic hydroxyl groups excluding tert-OH is 1. The van der Waals surface area contributed by atoms with Gasteiger partial charge in [0.1, 0.15) is 0 Å². The molecule has 0 aliphatic carbocycles. The molecule has 0 aromatic heterocycles. The molecule has 4 nitrogen and oxygen atoms in total. The lowest BCUT2D eigenvalue weighted by Gasteiger charge is -2.19. The van der Waals surface area contributed by atoms with Crippen LogP contribution in [-0.4, -0.2) is 36.8 Å². The summed E-state index contributed by atoms with van der Waals surface area (Å²) in [5.41, 5.74) is 0. The zero-order valence-electron chi connectivity index (χ0n) is 9.34. The van der Waals surface area contributed by atoms with Gasteiger partial charge in [-0.1, -0.05) is 20.8 Å². The summed E-state index contributed by atoms with van der Waals surface area (Å²) in [6, 6.07) is -0.133. The van der Waals surface area contributed by atoms with Crippen molar-refractivity contribution in [3.63, 3.8) is 0 Å². The van der Waals surface area contributed by atoms with E-state index in [1.165, 1.54) is 0 Å². The highest BCUT2D eigenvalue weighted by Gasteiger charge is 2.14. The van der Waals surface area contributed by atoms with E-state index >= 15 is 0 Å². The third kappa shape index (κ3) is 5.94. The molecule has 0 aliphatic heterocycles. The van der Waals surface area contributed by atoms with Crippen LogP contribution in [-0.2, 0) is 4.79 Å². The van der Waals surface area contributed by atoms with Gasteiger partial charge < -0.3 is 15.7 Å². The second kappa shape index (κ2) is 7.76. The van der Waals surface area contributed by atoms with Gasteiger partial charge in [-0.05, 0) is 18.9 Å². The molecule has 4 heteroatoms. The fourth-order valence-electron chi connectivity index (χ4n) is 1.06. The van der Waals surface area contributed by atoms with Crippen molar-refractivity contribution in [2.75, 3.05) is 19.7 Å². The van der Waals surface area contributed by atoms with E-state index in [-0.39, 0.29) is 24.5 Å². The monoisotopic (exact) mass is 202 g/mol. The topological polar surface area (TPSA) is 61.4 Å². The normalized spacial score (nSPS) is 12.9. The third-order valence-corrected chi connectivity index (χ3v) is 2.06. The molecular formula is C10H22N2O2. The van der Waals surface area contributed by atoms with Crippen molar-refractivity contribution in [1.29, 1.82) is 0 Å². The number of rotatable bonds is 7. The molecule has 0 bridgehead atoms. The van der Waals surface area contributed by atoms with E-state index in [0.29, 0.717) is 6.54 Å². The molecule has 1 unspecified atom stereocenters. The lowest BCUT2D eigenvalue weighted by Crippen LogP contribution is -2.44. The average Bonchev–Trinajstić information content (AvgIpc) is 2.14. The van der Waals surface area contributed by atoms with Crippen LogP contribution >= 0.6 is 0 Å². The Hall–Kier alpha value is -0.610. The minimum atomic E-state index is -0.133. The molecule has 0 heterocycles. The van der Waals surface area contributed by atoms with Crippen molar-refractivity contribution in [1.82, 2.24) is 10.6 Å². The van der Waals surface area contributed by atoms with E-state index < -0.39 is 0 Å². The average molecular weight is 202 g/mol. The fraction of sp³-hybridized carbons (Fsp3) is 0.900. The van der Waals surface area contributed by atoms with Crippen molar-refractivity contribution in [2.24, 2.45) is 5.92 Å². The maximum atomic E-state index is 11.3. The Labute approximate surface area is 86.1 Å². The molecule has 0 spiro atoms. The Kier molecular flexibility index (Phi) is 7.42. The summed E-state index contributed by atoms with van der Waals surface area (Å²) in [5.74, 6) is 0.210. The summed E-state index contributed by atoms with van der Waals surface area (Å²) in [5, 5.41) is 14.8. The molecule has 84 valence electrons. The smallest absolute Gasteiger partial charge is 0.234 e. The molecule has 14 heavy (non-hydrogen) atoms. The second-order valence-corrected chi connectivity index (χ2v) is 3.78. The number of hydrogen-bond acceptors (Lipinski definition) is 3. The Balaban J connectivity index is 3.68. The highest BCUT2D eigenvalue weighted by molar-refractivity contribution is 5.78. The maximum Gasteiger partial charge on any atom is 0.234 e. The summed E-state index contributed by atoms with van der Waals surface area (Å²) >= 11 is 0. The van der Waals surface area contributed by atoms with Crippen molar-refractivity contribution in [3.8, 4) is 0 Å². The van der Waals surface area contributed by atoms with E-state index in [0.717, 1.165) is 13.0 Å². The molecule has 1 amide bonds. The largest absolute Gasteiger partial charge is 0.394 e. The number of carbonyl (C=O) groups is 1. The molecule has 0 rings (SSSR count). The number of carbonyl (C=O) groups excluding carboxylic acids is 1. The van der Waals surface area contributed by atoms with Gasteiger partial charge in [-0.25, -0.2) is 0 Å². The van der Waals surface area contributed by atoms with E-state index in [1.54, 1.807) is 0 Å². The van der Waals surface area contributed by atoms with Crippen molar-refractivity contribution < 1.29 is 9.90 Å². The number of aliphatic hydroxyl groups is 1. The summed E-state index contributed by atoms with van der Waals surface area (Å²) in [4.78, 5) is 11.3. The summed E-state index contributed by atoms with van der Waals surface area (Å²) < 4.78 is 0. The summed E-state index contributed by atoms with van der Waals surface area (Å²) in [7, 11) is 0. The van der Waals surface area contributed by atoms with Crippen LogP contribution in [0.25, 0.3) is 0 Å². The Morgan fingerprint density at radius 2 is 2.07 bits per heavy atom. The first-order valence-corrected chi connectivity index (χ1v) is 5.22. The molecule has 3 N–H and O–H groups in total. The third-order valence-electron chi connectivity index (χ3n) is 2.06. The zero-order chi connectivity index (χ0) is 11.0. The van der Waals surface area contributed by atoms with Gasteiger partial charge in [-0.15, -0.1) is 0 Å². The first-order valence-electron chi connectivity index (χ1n) is 5.22. The lowest BCUT2D eigenvalue weighted by molar-refractivity contribution is -0.121. The zero-order valence-corrected chi connectivity index (χ0v) is 9.34. The minimum absolute atomic E-state index is 0.00279. The quantitative estimate of drug-likeness (QED) is 0.514. The molecule has 0 fully saturated rings. The van der Waals surface area contributed by atoms with E-state index in [4.69, 9.17) is 5.11 Å². The molecular weight excluding hydrogens is 180 g/mol.